The van der Waals surface area contributed by atoms with Crippen LogP contribution in [0.25, 0.3) is 0 Å². The number of hydrogen-bond acceptors (Lipinski definition) is 1. The van der Waals surface area contributed by atoms with Crippen molar-refractivity contribution in [1.82, 2.24) is 0 Å². The summed E-state index contributed by atoms with van der Waals surface area (Å²) in [6, 6.07) is 0. The molecular weight excluding hydrogens is 424 g/mol. The van der Waals surface area contributed by atoms with E-state index in [1.165, 1.54) is 173 Å². The molecule has 0 radical (unpaired) electrons. The molecule has 0 amide bonds. The summed E-state index contributed by atoms with van der Waals surface area (Å²) in [5, 5.41) is 10.2. The first-order valence-electron chi connectivity index (χ1n) is 16.6. The molecule has 1 heteroatoms. The van der Waals surface area contributed by atoms with Crippen LogP contribution in [-0.2, 0) is 0 Å². The summed E-state index contributed by atoms with van der Waals surface area (Å²) in [6.07, 6.45) is 44.0. The molecule has 0 aliphatic rings. The SMILES string of the molecule is CCCCCCCCC=CCCCCCCCC(O)CCCCCCCCCCCCCCCC. The molecular formula is C34H68O. The third kappa shape index (κ3) is 31.7. The highest BCUT2D eigenvalue weighted by Gasteiger charge is 2.03. The quantitative estimate of drug-likeness (QED) is 0.0780. The Hall–Kier alpha value is -0.300. The molecule has 1 atom stereocenters. The molecule has 0 aromatic heterocycles. The lowest BCUT2D eigenvalue weighted by Gasteiger charge is -2.10. The van der Waals surface area contributed by atoms with Gasteiger partial charge >= 0.3 is 0 Å². The zero-order valence-electron chi connectivity index (χ0n) is 24.7. The highest BCUT2D eigenvalue weighted by atomic mass is 16.3. The van der Waals surface area contributed by atoms with Gasteiger partial charge in [-0.3, -0.25) is 0 Å². The van der Waals surface area contributed by atoms with Crippen molar-refractivity contribution < 1.29 is 5.11 Å². The Morgan fingerprint density at radius 1 is 0.371 bits per heavy atom. The van der Waals surface area contributed by atoms with Gasteiger partial charge in [0.15, 0.2) is 0 Å². The number of unbranched alkanes of at least 4 members (excludes halogenated alkanes) is 24. The fourth-order valence-corrected chi connectivity index (χ4v) is 5.17. The first kappa shape index (κ1) is 34.7. The molecule has 0 fully saturated rings. The highest BCUT2D eigenvalue weighted by Crippen LogP contribution is 2.16. The van der Waals surface area contributed by atoms with Gasteiger partial charge in [0.05, 0.1) is 6.10 Å². The standard InChI is InChI=1S/C34H68O/c1-3-5-7-9-11-13-15-17-19-21-23-25-27-29-31-33-34(35)32-30-28-26-24-22-20-18-16-14-12-10-8-6-4-2/h17,19,34-35H,3-16,18,20-33H2,1-2H3. The predicted molar refractivity (Wildman–Crippen MR) is 160 cm³/mol. The minimum absolute atomic E-state index is 0.0442. The molecule has 0 saturated heterocycles. The molecule has 0 heterocycles. The van der Waals surface area contributed by atoms with Gasteiger partial charge in [-0.1, -0.05) is 174 Å². The van der Waals surface area contributed by atoms with Crippen LogP contribution < -0.4 is 0 Å². The van der Waals surface area contributed by atoms with Gasteiger partial charge in [-0.25, -0.2) is 0 Å². The number of hydrogen-bond donors (Lipinski definition) is 1. The van der Waals surface area contributed by atoms with Gasteiger partial charge in [0.25, 0.3) is 0 Å². The summed E-state index contributed by atoms with van der Waals surface area (Å²) in [4.78, 5) is 0. The van der Waals surface area contributed by atoms with Crippen LogP contribution in [0.15, 0.2) is 12.2 Å². The zero-order valence-corrected chi connectivity index (χ0v) is 24.7. The largest absolute Gasteiger partial charge is 0.393 e. The lowest BCUT2D eigenvalue weighted by Crippen LogP contribution is -2.05. The Balaban J connectivity index is 3.18. The van der Waals surface area contributed by atoms with Crippen LogP contribution in [0.4, 0.5) is 0 Å². The minimum Gasteiger partial charge on any atom is -0.393 e. The number of rotatable bonds is 30. The van der Waals surface area contributed by atoms with Gasteiger partial charge < -0.3 is 5.11 Å². The van der Waals surface area contributed by atoms with E-state index in [4.69, 9.17) is 0 Å². The van der Waals surface area contributed by atoms with Crippen LogP contribution in [0.1, 0.15) is 200 Å². The summed E-state index contributed by atoms with van der Waals surface area (Å²) >= 11 is 0. The van der Waals surface area contributed by atoms with E-state index in [0.29, 0.717) is 0 Å². The van der Waals surface area contributed by atoms with Crippen molar-refractivity contribution in [3.05, 3.63) is 12.2 Å². The Labute approximate surface area is 223 Å². The number of aliphatic hydroxyl groups is 1. The molecule has 0 aliphatic heterocycles. The first-order chi connectivity index (χ1) is 17.3. The Morgan fingerprint density at radius 3 is 0.943 bits per heavy atom. The molecule has 0 spiro atoms. The van der Waals surface area contributed by atoms with E-state index in [1.807, 2.05) is 0 Å². The maximum absolute atomic E-state index is 10.2. The zero-order chi connectivity index (χ0) is 25.5. The monoisotopic (exact) mass is 493 g/mol. The van der Waals surface area contributed by atoms with Gasteiger partial charge in [0, 0.05) is 0 Å². The van der Waals surface area contributed by atoms with Crippen molar-refractivity contribution in [2.24, 2.45) is 0 Å². The lowest BCUT2D eigenvalue weighted by molar-refractivity contribution is 0.147. The fraction of sp³-hybridized carbons (Fsp3) is 0.941. The van der Waals surface area contributed by atoms with E-state index in [2.05, 4.69) is 26.0 Å². The van der Waals surface area contributed by atoms with Crippen molar-refractivity contribution >= 4 is 0 Å². The van der Waals surface area contributed by atoms with Crippen LogP contribution in [0.3, 0.4) is 0 Å². The average molecular weight is 493 g/mol. The van der Waals surface area contributed by atoms with E-state index in [0.717, 1.165) is 12.8 Å². The first-order valence-corrected chi connectivity index (χ1v) is 16.6. The molecule has 1 nitrogen and oxygen atoms in total. The lowest BCUT2D eigenvalue weighted by atomic mass is 10.0. The number of allylic oxidation sites excluding steroid dienone is 2. The minimum atomic E-state index is -0.0442. The fourth-order valence-electron chi connectivity index (χ4n) is 5.17. The second-order valence-corrected chi connectivity index (χ2v) is 11.4. The van der Waals surface area contributed by atoms with E-state index in [-0.39, 0.29) is 6.10 Å². The summed E-state index contributed by atoms with van der Waals surface area (Å²) in [5.74, 6) is 0. The Bertz CT molecular complexity index is 388. The van der Waals surface area contributed by atoms with Gasteiger partial charge in [-0.2, -0.15) is 0 Å². The topological polar surface area (TPSA) is 20.2 Å². The second kappa shape index (κ2) is 31.7. The third-order valence-corrected chi connectivity index (χ3v) is 7.69. The molecule has 0 rings (SSSR count). The predicted octanol–water partition coefficient (Wildman–Crippen LogP) is 12.3. The Kier molecular flexibility index (Phi) is 31.5. The van der Waals surface area contributed by atoms with Crippen molar-refractivity contribution in [2.45, 2.75) is 206 Å². The molecule has 1 N–H and O–H groups in total. The summed E-state index contributed by atoms with van der Waals surface area (Å²) in [6.45, 7) is 4.58. The molecule has 0 aliphatic carbocycles. The van der Waals surface area contributed by atoms with E-state index in [1.54, 1.807) is 0 Å². The van der Waals surface area contributed by atoms with Crippen molar-refractivity contribution in [1.29, 1.82) is 0 Å². The van der Waals surface area contributed by atoms with Crippen LogP contribution >= 0.6 is 0 Å². The summed E-state index contributed by atoms with van der Waals surface area (Å²) in [5.41, 5.74) is 0. The van der Waals surface area contributed by atoms with Gasteiger partial charge in [0.1, 0.15) is 0 Å². The molecule has 210 valence electrons. The van der Waals surface area contributed by atoms with E-state index >= 15 is 0 Å². The summed E-state index contributed by atoms with van der Waals surface area (Å²) < 4.78 is 0. The van der Waals surface area contributed by atoms with E-state index in [9.17, 15) is 5.11 Å². The third-order valence-electron chi connectivity index (χ3n) is 7.69. The van der Waals surface area contributed by atoms with Crippen molar-refractivity contribution in [2.75, 3.05) is 0 Å². The second-order valence-electron chi connectivity index (χ2n) is 11.4. The molecule has 0 bridgehead atoms. The number of aliphatic hydroxyl groups excluding tert-OH is 1. The molecule has 0 aromatic rings. The van der Waals surface area contributed by atoms with Crippen LogP contribution in [0.5, 0.6) is 0 Å². The van der Waals surface area contributed by atoms with Crippen molar-refractivity contribution in [3.8, 4) is 0 Å². The van der Waals surface area contributed by atoms with Gasteiger partial charge in [0.2, 0.25) is 0 Å². The van der Waals surface area contributed by atoms with E-state index < -0.39 is 0 Å². The molecule has 35 heavy (non-hydrogen) atoms. The molecule has 0 aromatic carbocycles. The average Bonchev–Trinajstić information content (AvgIpc) is 2.86. The normalized spacial score (nSPS) is 12.7. The maximum atomic E-state index is 10.2. The Morgan fingerprint density at radius 2 is 0.629 bits per heavy atom. The van der Waals surface area contributed by atoms with Crippen LogP contribution in [0.2, 0.25) is 0 Å². The summed E-state index contributed by atoms with van der Waals surface area (Å²) in [7, 11) is 0. The molecule has 0 saturated carbocycles. The molecule has 1 unspecified atom stereocenters. The van der Waals surface area contributed by atoms with Gasteiger partial charge in [-0.05, 0) is 38.5 Å². The smallest absolute Gasteiger partial charge is 0.0540 e. The highest BCUT2D eigenvalue weighted by molar-refractivity contribution is 4.81. The van der Waals surface area contributed by atoms with Crippen LogP contribution in [0, 0.1) is 0 Å². The van der Waals surface area contributed by atoms with Gasteiger partial charge in [-0.15, -0.1) is 0 Å². The maximum Gasteiger partial charge on any atom is 0.0540 e. The van der Waals surface area contributed by atoms with Crippen LogP contribution in [-0.4, -0.2) is 11.2 Å². The van der Waals surface area contributed by atoms with Crippen molar-refractivity contribution in [3.63, 3.8) is 0 Å².